The highest BCUT2D eigenvalue weighted by atomic mass is 35.5. The molecule has 1 aromatic carbocycles. The third kappa shape index (κ3) is 2.50. The molecule has 0 atom stereocenters. The van der Waals surface area contributed by atoms with Crippen LogP contribution in [0.1, 0.15) is 41.4 Å². The maximum absolute atomic E-state index is 12.4. The average molecular weight is 291 g/mol. The van der Waals surface area contributed by atoms with Crippen molar-refractivity contribution in [3.8, 4) is 0 Å². The summed E-state index contributed by atoms with van der Waals surface area (Å²) in [5.41, 5.74) is 4.06. The minimum atomic E-state index is 0. The van der Waals surface area contributed by atoms with Crippen molar-refractivity contribution >= 4 is 29.2 Å². The van der Waals surface area contributed by atoms with Crippen molar-refractivity contribution in [2.75, 3.05) is 6.54 Å². The summed E-state index contributed by atoms with van der Waals surface area (Å²) in [5.74, 6) is 0.0410. The van der Waals surface area contributed by atoms with Gasteiger partial charge in [-0.1, -0.05) is 18.2 Å². The number of pyridine rings is 1. The Hall–Kier alpha value is -1.61. The van der Waals surface area contributed by atoms with Crippen LogP contribution in [0.2, 0.25) is 0 Å². The predicted molar refractivity (Wildman–Crippen MR) is 83.6 cm³/mol. The zero-order chi connectivity index (χ0) is 13.2. The van der Waals surface area contributed by atoms with Gasteiger partial charge in [0.1, 0.15) is 0 Å². The third-order valence-corrected chi connectivity index (χ3v) is 3.73. The lowest BCUT2D eigenvalue weighted by Crippen LogP contribution is -2.26. The summed E-state index contributed by atoms with van der Waals surface area (Å²) in [6.07, 6.45) is 4.29. The second kappa shape index (κ2) is 6.23. The monoisotopic (exact) mass is 290 g/mol. The standard InChI is InChI=1S/C16H18N2O.ClH/c1-2-17-16(19)15-11-7-3-5-9-13(11)18-14-10-6-4-8-12(14)15;/h3,5,7,9H,2,4,6,8,10H2,1H3,(H,17,19);1H. The van der Waals surface area contributed by atoms with Gasteiger partial charge in [0.2, 0.25) is 0 Å². The van der Waals surface area contributed by atoms with Gasteiger partial charge in [-0.3, -0.25) is 9.78 Å². The zero-order valence-corrected chi connectivity index (χ0v) is 12.4. The molecule has 0 saturated heterocycles. The van der Waals surface area contributed by atoms with Crippen LogP contribution in [-0.4, -0.2) is 17.4 Å². The van der Waals surface area contributed by atoms with Crippen molar-refractivity contribution in [2.45, 2.75) is 32.6 Å². The number of carbonyl (C=O) groups excluding carboxylic acids is 1. The number of aryl methyl sites for hydroxylation is 1. The van der Waals surface area contributed by atoms with Gasteiger partial charge in [0.25, 0.3) is 5.91 Å². The molecule has 2 aromatic rings. The molecule has 4 heteroatoms. The second-order valence-corrected chi connectivity index (χ2v) is 5.00. The van der Waals surface area contributed by atoms with E-state index in [1.165, 1.54) is 6.42 Å². The van der Waals surface area contributed by atoms with Gasteiger partial charge in [-0.05, 0) is 44.2 Å². The summed E-state index contributed by atoms with van der Waals surface area (Å²) in [6.45, 7) is 2.61. The fourth-order valence-corrected chi connectivity index (χ4v) is 2.88. The van der Waals surface area contributed by atoms with Crippen molar-refractivity contribution in [2.24, 2.45) is 0 Å². The molecule has 0 bridgehead atoms. The summed E-state index contributed by atoms with van der Waals surface area (Å²) in [4.78, 5) is 17.1. The summed E-state index contributed by atoms with van der Waals surface area (Å²) in [5, 5.41) is 3.92. The number of fused-ring (bicyclic) bond motifs is 2. The van der Waals surface area contributed by atoms with Gasteiger partial charge in [0.05, 0.1) is 11.1 Å². The van der Waals surface area contributed by atoms with Gasteiger partial charge in [0, 0.05) is 17.6 Å². The number of amides is 1. The van der Waals surface area contributed by atoms with E-state index in [4.69, 9.17) is 4.98 Å². The van der Waals surface area contributed by atoms with E-state index >= 15 is 0 Å². The molecule has 0 fully saturated rings. The Morgan fingerprint density at radius 2 is 2.00 bits per heavy atom. The lowest BCUT2D eigenvalue weighted by molar-refractivity contribution is 0.0956. The largest absolute Gasteiger partial charge is 0.352 e. The molecule has 1 aromatic heterocycles. The maximum atomic E-state index is 12.4. The van der Waals surface area contributed by atoms with Crippen LogP contribution in [0.15, 0.2) is 24.3 Å². The molecule has 0 spiro atoms. The number of nitrogens with zero attached hydrogens (tertiary/aromatic N) is 1. The lowest BCUT2D eigenvalue weighted by Gasteiger charge is -2.20. The molecule has 20 heavy (non-hydrogen) atoms. The fraction of sp³-hybridized carbons (Fsp3) is 0.375. The van der Waals surface area contributed by atoms with Crippen LogP contribution in [0.5, 0.6) is 0 Å². The molecule has 1 aliphatic carbocycles. The molecule has 1 amide bonds. The van der Waals surface area contributed by atoms with Gasteiger partial charge in [0.15, 0.2) is 0 Å². The van der Waals surface area contributed by atoms with Crippen molar-refractivity contribution in [1.82, 2.24) is 10.3 Å². The Balaban J connectivity index is 0.00000147. The maximum Gasteiger partial charge on any atom is 0.252 e. The summed E-state index contributed by atoms with van der Waals surface area (Å²) in [6, 6.07) is 7.95. The van der Waals surface area contributed by atoms with Crippen LogP contribution in [-0.2, 0) is 12.8 Å². The van der Waals surface area contributed by atoms with E-state index in [-0.39, 0.29) is 18.3 Å². The van der Waals surface area contributed by atoms with Gasteiger partial charge >= 0.3 is 0 Å². The van der Waals surface area contributed by atoms with Crippen molar-refractivity contribution < 1.29 is 4.79 Å². The molecule has 3 nitrogen and oxygen atoms in total. The normalized spacial score (nSPS) is 13.4. The quantitative estimate of drug-likeness (QED) is 0.922. The minimum Gasteiger partial charge on any atom is -0.352 e. The zero-order valence-electron chi connectivity index (χ0n) is 11.6. The highest BCUT2D eigenvalue weighted by molar-refractivity contribution is 6.07. The van der Waals surface area contributed by atoms with E-state index in [1.54, 1.807) is 0 Å². The second-order valence-electron chi connectivity index (χ2n) is 5.00. The molecule has 1 heterocycles. The Morgan fingerprint density at radius 1 is 1.25 bits per heavy atom. The fourth-order valence-electron chi connectivity index (χ4n) is 2.88. The highest BCUT2D eigenvalue weighted by Gasteiger charge is 2.21. The predicted octanol–water partition coefficient (Wildman–Crippen LogP) is 3.29. The van der Waals surface area contributed by atoms with E-state index in [0.29, 0.717) is 6.54 Å². The number of hydrogen-bond donors (Lipinski definition) is 1. The smallest absolute Gasteiger partial charge is 0.252 e. The van der Waals surface area contributed by atoms with Crippen molar-refractivity contribution in [1.29, 1.82) is 0 Å². The van der Waals surface area contributed by atoms with Crippen molar-refractivity contribution in [3.05, 3.63) is 41.1 Å². The number of halogens is 1. The molecule has 0 unspecified atom stereocenters. The summed E-state index contributed by atoms with van der Waals surface area (Å²) in [7, 11) is 0. The molecular weight excluding hydrogens is 272 g/mol. The molecule has 3 rings (SSSR count). The molecule has 1 aliphatic rings. The number of benzene rings is 1. The number of hydrogen-bond acceptors (Lipinski definition) is 2. The van der Waals surface area contributed by atoms with Crippen LogP contribution >= 0.6 is 12.4 Å². The third-order valence-electron chi connectivity index (χ3n) is 3.73. The van der Waals surface area contributed by atoms with Gasteiger partial charge in [-0.2, -0.15) is 0 Å². The van der Waals surface area contributed by atoms with Gasteiger partial charge in [-0.15, -0.1) is 12.4 Å². The lowest BCUT2D eigenvalue weighted by atomic mass is 9.89. The topological polar surface area (TPSA) is 42.0 Å². The Morgan fingerprint density at radius 3 is 2.80 bits per heavy atom. The van der Waals surface area contributed by atoms with Crippen LogP contribution < -0.4 is 5.32 Å². The first-order valence-electron chi connectivity index (χ1n) is 7.00. The van der Waals surface area contributed by atoms with Gasteiger partial charge < -0.3 is 5.32 Å². The first-order valence-corrected chi connectivity index (χ1v) is 7.00. The number of rotatable bonds is 2. The number of nitrogens with one attached hydrogen (secondary N) is 1. The van der Waals surface area contributed by atoms with E-state index in [1.807, 2.05) is 31.2 Å². The van der Waals surface area contributed by atoms with E-state index in [0.717, 1.165) is 47.0 Å². The van der Waals surface area contributed by atoms with E-state index in [9.17, 15) is 4.79 Å². The number of carbonyl (C=O) groups is 1. The Labute approximate surface area is 125 Å². The molecular formula is C16H19ClN2O. The van der Waals surface area contributed by atoms with Crippen LogP contribution in [0.25, 0.3) is 10.9 Å². The number of para-hydroxylation sites is 1. The van der Waals surface area contributed by atoms with E-state index < -0.39 is 0 Å². The minimum absolute atomic E-state index is 0. The molecule has 0 saturated carbocycles. The summed E-state index contributed by atoms with van der Waals surface area (Å²) < 4.78 is 0. The number of aromatic nitrogens is 1. The van der Waals surface area contributed by atoms with Crippen LogP contribution in [0, 0.1) is 0 Å². The SMILES string of the molecule is CCNC(=O)c1c2c(nc3ccccc13)CCCC2.Cl. The van der Waals surface area contributed by atoms with E-state index in [2.05, 4.69) is 5.32 Å². The first kappa shape index (κ1) is 14.8. The first-order chi connectivity index (χ1) is 9.31. The molecule has 106 valence electrons. The van der Waals surface area contributed by atoms with Crippen LogP contribution in [0.4, 0.5) is 0 Å². The molecule has 0 aliphatic heterocycles. The van der Waals surface area contributed by atoms with Crippen molar-refractivity contribution in [3.63, 3.8) is 0 Å². The highest BCUT2D eigenvalue weighted by Crippen LogP contribution is 2.29. The molecule has 0 radical (unpaired) electrons. The van der Waals surface area contributed by atoms with Gasteiger partial charge in [-0.25, -0.2) is 0 Å². The summed E-state index contributed by atoms with van der Waals surface area (Å²) >= 11 is 0. The average Bonchev–Trinajstić information content (AvgIpc) is 2.44. The van der Waals surface area contributed by atoms with Crippen LogP contribution in [0.3, 0.4) is 0 Å². The Bertz CT molecular complexity index is 640. The molecule has 1 N–H and O–H groups in total. The Kier molecular flexibility index (Phi) is 4.61.